The third-order valence-electron chi connectivity index (χ3n) is 4.08. The molecule has 3 N–H and O–H groups in total. The highest BCUT2D eigenvalue weighted by molar-refractivity contribution is 5.73. The van der Waals surface area contributed by atoms with Gasteiger partial charge in [0.15, 0.2) is 5.82 Å². The number of nitrogens with one attached hydrogen (secondary N) is 3. The highest BCUT2D eigenvalue weighted by atomic mass is 19.1. The van der Waals surface area contributed by atoms with Crippen LogP contribution < -0.4 is 15.5 Å². The standard InChI is InChI=1S/C16H21FN6O/c1-11-20-15(22-21-11)9-19-16(24)18-8-12-6-7-23(10-12)14-4-2-13(17)3-5-14/h2-5,12H,6-10H2,1H3,(H2,18,19,24)(H,20,21,22). The molecule has 1 aromatic carbocycles. The summed E-state index contributed by atoms with van der Waals surface area (Å²) in [6, 6.07) is 6.30. The molecule has 0 saturated carbocycles. The Morgan fingerprint density at radius 3 is 2.88 bits per heavy atom. The molecule has 0 aliphatic carbocycles. The monoisotopic (exact) mass is 332 g/mol. The third kappa shape index (κ3) is 4.21. The number of carbonyl (C=O) groups excluding carboxylic acids is 1. The van der Waals surface area contributed by atoms with Crippen molar-refractivity contribution < 1.29 is 9.18 Å². The molecule has 2 amide bonds. The maximum Gasteiger partial charge on any atom is 0.315 e. The van der Waals surface area contributed by atoms with Crippen LogP contribution in [0.4, 0.5) is 14.9 Å². The van der Waals surface area contributed by atoms with Gasteiger partial charge in [-0.05, 0) is 43.5 Å². The molecular formula is C16H21FN6O. The molecule has 1 aromatic heterocycles. The number of carbonyl (C=O) groups is 1. The van der Waals surface area contributed by atoms with Crippen LogP contribution in [0.5, 0.6) is 0 Å². The molecule has 0 spiro atoms. The van der Waals surface area contributed by atoms with Gasteiger partial charge in [-0.3, -0.25) is 5.10 Å². The van der Waals surface area contributed by atoms with Crippen molar-refractivity contribution in [2.24, 2.45) is 5.92 Å². The first kappa shape index (κ1) is 16.2. The van der Waals surface area contributed by atoms with E-state index in [2.05, 4.69) is 30.7 Å². The lowest BCUT2D eigenvalue weighted by atomic mass is 10.1. The van der Waals surface area contributed by atoms with Gasteiger partial charge in [0.05, 0.1) is 6.54 Å². The Kier molecular flexibility index (Phi) is 4.93. The zero-order chi connectivity index (χ0) is 16.9. The molecule has 0 radical (unpaired) electrons. The number of amides is 2. The summed E-state index contributed by atoms with van der Waals surface area (Å²) in [5, 5.41) is 12.3. The van der Waals surface area contributed by atoms with Crippen molar-refractivity contribution in [1.82, 2.24) is 25.8 Å². The fourth-order valence-corrected chi connectivity index (χ4v) is 2.81. The first-order valence-corrected chi connectivity index (χ1v) is 8.00. The van der Waals surface area contributed by atoms with Crippen molar-refractivity contribution in [3.05, 3.63) is 41.7 Å². The highest BCUT2D eigenvalue weighted by Crippen LogP contribution is 2.23. The topological polar surface area (TPSA) is 85.9 Å². The van der Waals surface area contributed by atoms with Crippen LogP contribution in [-0.4, -0.2) is 40.8 Å². The van der Waals surface area contributed by atoms with Gasteiger partial charge in [-0.2, -0.15) is 5.10 Å². The van der Waals surface area contributed by atoms with E-state index in [0.29, 0.717) is 24.8 Å². The number of H-pyrrole nitrogens is 1. The smallest absolute Gasteiger partial charge is 0.315 e. The first-order valence-electron chi connectivity index (χ1n) is 8.00. The number of aryl methyl sites for hydroxylation is 1. The normalized spacial score (nSPS) is 17.1. The van der Waals surface area contributed by atoms with Gasteiger partial charge in [-0.25, -0.2) is 14.2 Å². The van der Waals surface area contributed by atoms with E-state index >= 15 is 0 Å². The van der Waals surface area contributed by atoms with Gasteiger partial charge in [0.25, 0.3) is 0 Å². The van der Waals surface area contributed by atoms with Crippen molar-refractivity contribution in [2.45, 2.75) is 19.9 Å². The Labute approximate surface area is 139 Å². The number of rotatable bonds is 5. The molecule has 128 valence electrons. The minimum absolute atomic E-state index is 0.224. The molecule has 1 fully saturated rings. The molecule has 1 atom stereocenters. The lowest BCUT2D eigenvalue weighted by Gasteiger charge is -2.18. The molecule has 3 rings (SSSR count). The van der Waals surface area contributed by atoms with Crippen LogP contribution >= 0.6 is 0 Å². The van der Waals surface area contributed by atoms with Crippen molar-refractivity contribution in [2.75, 3.05) is 24.5 Å². The van der Waals surface area contributed by atoms with E-state index in [1.165, 1.54) is 12.1 Å². The summed E-state index contributed by atoms with van der Waals surface area (Å²) in [7, 11) is 0. The van der Waals surface area contributed by atoms with Crippen LogP contribution in [0.1, 0.15) is 18.1 Å². The summed E-state index contributed by atoms with van der Waals surface area (Å²) in [6.45, 7) is 4.48. The van der Waals surface area contributed by atoms with Crippen LogP contribution in [-0.2, 0) is 6.54 Å². The van der Waals surface area contributed by atoms with Gasteiger partial charge in [-0.1, -0.05) is 0 Å². The Bertz CT molecular complexity index is 686. The van der Waals surface area contributed by atoms with E-state index in [1.807, 2.05) is 6.92 Å². The fourth-order valence-electron chi connectivity index (χ4n) is 2.81. The molecule has 24 heavy (non-hydrogen) atoms. The zero-order valence-corrected chi connectivity index (χ0v) is 13.6. The van der Waals surface area contributed by atoms with Crippen LogP contribution in [0.15, 0.2) is 24.3 Å². The van der Waals surface area contributed by atoms with Gasteiger partial charge in [0, 0.05) is 25.3 Å². The van der Waals surface area contributed by atoms with Gasteiger partial charge >= 0.3 is 6.03 Å². The molecule has 8 heteroatoms. The quantitative estimate of drug-likeness (QED) is 0.776. The molecular weight excluding hydrogens is 311 g/mol. The van der Waals surface area contributed by atoms with Crippen LogP contribution in [0.2, 0.25) is 0 Å². The lowest BCUT2D eigenvalue weighted by Crippen LogP contribution is -2.38. The number of aromatic nitrogens is 3. The number of halogens is 1. The second-order valence-electron chi connectivity index (χ2n) is 5.98. The molecule has 0 bridgehead atoms. The van der Waals surface area contributed by atoms with Gasteiger partial charge in [-0.15, -0.1) is 0 Å². The second-order valence-corrected chi connectivity index (χ2v) is 5.98. The van der Waals surface area contributed by atoms with E-state index in [-0.39, 0.29) is 11.8 Å². The summed E-state index contributed by atoms with van der Waals surface area (Å²) < 4.78 is 13.0. The number of urea groups is 1. The van der Waals surface area contributed by atoms with Crippen LogP contribution in [0.25, 0.3) is 0 Å². The number of anilines is 1. The van der Waals surface area contributed by atoms with Crippen molar-refractivity contribution >= 4 is 11.7 Å². The molecule has 7 nitrogen and oxygen atoms in total. The average Bonchev–Trinajstić information content (AvgIpc) is 3.21. The first-order chi connectivity index (χ1) is 11.6. The van der Waals surface area contributed by atoms with E-state index < -0.39 is 0 Å². The van der Waals surface area contributed by atoms with Crippen molar-refractivity contribution in [3.8, 4) is 0 Å². The van der Waals surface area contributed by atoms with Crippen LogP contribution in [0.3, 0.4) is 0 Å². The van der Waals surface area contributed by atoms with Gasteiger partial charge in [0.2, 0.25) is 0 Å². The fraction of sp³-hybridized carbons (Fsp3) is 0.438. The Balaban J connectivity index is 1.39. The summed E-state index contributed by atoms with van der Waals surface area (Å²) >= 11 is 0. The Morgan fingerprint density at radius 2 is 2.17 bits per heavy atom. The molecule has 2 aromatic rings. The third-order valence-corrected chi connectivity index (χ3v) is 4.08. The zero-order valence-electron chi connectivity index (χ0n) is 13.6. The van der Waals surface area contributed by atoms with Gasteiger partial charge in [0.1, 0.15) is 11.6 Å². The molecule has 1 unspecified atom stereocenters. The minimum Gasteiger partial charge on any atom is -0.371 e. The average molecular weight is 332 g/mol. The van der Waals surface area contributed by atoms with Crippen molar-refractivity contribution in [3.63, 3.8) is 0 Å². The van der Waals surface area contributed by atoms with E-state index in [4.69, 9.17) is 0 Å². The van der Waals surface area contributed by atoms with E-state index in [0.717, 1.165) is 31.0 Å². The molecule has 1 aliphatic heterocycles. The Hall–Kier alpha value is -2.64. The highest BCUT2D eigenvalue weighted by Gasteiger charge is 2.23. The van der Waals surface area contributed by atoms with Crippen molar-refractivity contribution in [1.29, 1.82) is 0 Å². The summed E-state index contributed by atoms with van der Waals surface area (Å²) in [5.41, 5.74) is 1.02. The maximum atomic E-state index is 13.0. The van der Waals surface area contributed by atoms with E-state index in [9.17, 15) is 9.18 Å². The number of hydrogen-bond donors (Lipinski definition) is 3. The SMILES string of the molecule is Cc1nc(CNC(=O)NCC2CCN(c3ccc(F)cc3)C2)n[nH]1. The van der Waals surface area contributed by atoms with Gasteiger partial charge < -0.3 is 15.5 Å². The predicted octanol–water partition coefficient (Wildman–Crippen LogP) is 1.58. The molecule has 1 saturated heterocycles. The minimum atomic E-state index is -0.227. The summed E-state index contributed by atoms with van der Waals surface area (Å²) in [6.07, 6.45) is 0.998. The van der Waals surface area contributed by atoms with E-state index in [1.54, 1.807) is 12.1 Å². The summed E-state index contributed by atoms with van der Waals surface area (Å²) in [5.74, 6) is 1.44. The Morgan fingerprint density at radius 1 is 1.38 bits per heavy atom. The lowest BCUT2D eigenvalue weighted by molar-refractivity contribution is 0.238. The number of benzene rings is 1. The van der Waals surface area contributed by atoms with Crippen LogP contribution in [0, 0.1) is 18.7 Å². The number of aromatic amines is 1. The predicted molar refractivity (Wildman–Crippen MR) is 88.1 cm³/mol. The number of hydrogen-bond acceptors (Lipinski definition) is 4. The molecule has 2 heterocycles. The second kappa shape index (κ2) is 7.29. The molecule has 1 aliphatic rings. The maximum absolute atomic E-state index is 13.0. The summed E-state index contributed by atoms with van der Waals surface area (Å²) in [4.78, 5) is 18.2. The largest absolute Gasteiger partial charge is 0.371 e. The number of nitrogens with zero attached hydrogens (tertiary/aromatic N) is 3.